The quantitative estimate of drug-likeness (QED) is 0.753. The molecule has 0 aliphatic rings. The Bertz CT molecular complexity index is 849. The standard InChI is InChI=1S/C21H28N2O3S/c1-5-20(21(24)22-15-17(3)18-9-7-6-8-10-18)23(27(4,25)26)19-13-11-16(2)12-14-19/h6-14,17,20H,5,15H2,1-4H3,(H,22,24)/t17-,20-/m1/s1. The first-order valence-corrected chi connectivity index (χ1v) is 11.0. The van der Waals surface area contributed by atoms with Crippen LogP contribution < -0.4 is 9.62 Å². The zero-order valence-corrected chi connectivity index (χ0v) is 17.2. The van der Waals surface area contributed by atoms with E-state index in [0.717, 1.165) is 17.4 Å². The summed E-state index contributed by atoms with van der Waals surface area (Å²) < 4.78 is 26.1. The molecule has 27 heavy (non-hydrogen) atoms. The van der Waals surface area contributed by atoms with Crippen LogP contribution in [0.15, 0.2) is 54.6 Å². The number of carbonyl (C=O) groups is 1. The van der Waals surface area contributed by atoms with E-state index >= 15 is 0 Å². The molecule has 146 valence electrons. The van der Waals surface area contributed by atoms with E-state index < -0.39 is 16.1 Å². The molecular formula is C21H28N2O3S. The monoisotopic (exact) mass is 388 g/mol. The van der Waals surface area contributed by atoms with Gasteiger partial charge in [-0.15, -0.1) is 0 Å². The third-order valence-electron chi connectivity index (χ3n) is 4.57. The summed E-state index contributed by atoms with van der Waals surface area (Å²) in [6.07, 6.45) is 1.52. The summed E-state index contributed by atoms with van der Waals surface area (Å²) in [6.45, 7) is 6.23. The van der Waals surface area contributed by atoms with Crippen LogP contribution >= 0.6 is 0 Å². The normalized spacial score (nSPS) is 13.6. The molecule has 0 radical (unpaired) electrons. The second-order valence-corrected chi connectivity index (χ2v) is 8.73. The van der Waals surface area contributed by atoms with Crippen molar-refractivity contribution in [1.82, 2.24) is 5.32 Å². The third-order valence-corrected chi connectivity index (χ3v) is 5.75. The minimum absolute atomic E-state index is 0.138. The fraction of sp³-hybridized carbons (Fsp3) is 0.381. The van der Waals surface area contributed by atoms with Crippen LogP contribution in [0.4, 0.5) is 5.69 Å². The fourth-order valence-corrected chi connectivity index (χ4v) is 4.23. The van der Waals surface area contributed by atoms with Crippen LogP contribution in [-0.2, 0) is 14.8 Å². The van der Waals surface area contributed by atoms with Gasteiger partial charge < -0.3 is 5.32 Å². The molecule has 2 aromatic rings. The number of nitrogens with zero attached hydrogens (tertiary/aromatic N) is 1. The molecule has 2 rings (SSSR count). The van der Waals surface area contributed by atoms with Crippen molar-refractivity contribution in [3.8, 4) is 0 Å². The van der Waals surface area contributed by atoms with Gasteiger partial charge in [-0.2, -0.15) is 0 Å². The molecule has 0 bridgehead atoms. The number of hydrogen-bond acceptors (Lipinski definition) is 3. The molecule has 0 heterocycles. The minimum Gasteiger partial charge on any atom is -0.354 e. The lowest BCUT2D eigenvalue weighted by Gasteiger charge is -2.30. The first-order valence-electron chi connectivity index (χ1n) is 9.12. The Kier molecular flexibility index (Phi) is 7.02. The first kappa shape index (κ1) is 21.0. The Morgan fingerprint density at radius 2 is 1.67 bits per heavy atom. The predicted octanol–water partition coefficient (Wildman–Crippen LogP) is 3.46. The molecule has 2 aromatic carbocycles. The Balaban J connectivity index is 2.18. The summed E-state index contributed by atoms with van der Waals surface area (Å²) in [5.41, 5.74) is 2.66. The molecule has 6 heteroatoms. The first-order chi connectivity index (χ1) is 12.7. The molecule has 0 aliphatic carbocycles. The van der Waals surface area contributed by atoms with E-state index in [2.05, 4.69) is 5.32 Å². The molecule has 0 fully saturated rings. The molecule has 1 N–H and O–H groups in total. The number of aryl methyl sites for hydroxylation is 1. The zero-order valence-electron chi connectivity index (χ0n) is 16.3. The van der Waals surface area contributed by atoms with Crippen LogP contribution in [-0.4, -0.2) is 33.2 Å². The van der Waals surface area contributed by atoms with Crippen LogP contribution in [0.2, 0.25) is 0 Å². The van der Waals surface area contributed by atoms with Gasteiger partial charge in [0.25, 0.3) is 0 Å². The number of amides is 1. The molecule has 1 amide bonds. The number of carbonyl (C=O) groups excluding carboxylic acids is 1. The van der Waals surface area contributed by atoms with E-state index in [4.69, 9.17) is 0 Å². The Morgan fingerprint density at radius 1 is 1.07 bits per heavy atom. The van der Waals surface area contributed by atoms with Crippen molar-refractivity contribution in [2.45, 2.75) is 39.2 Å². The van der Waals surface area contributed by atoms with Gasteiger partial charge in [-0.25, -0.2) is 8.42 Å². The van der Waals surface area contributed by atoms with Gasteiger partial charge in [-0.1, -0.05) is 61.9 Å². The average Bonchev–Trinajstić information content (AvgIpc) is 2.64. The summed E-state index contributed by atoms with van der Waals surface area (Å²) in [4.78, 5) is 12.8. The van der Waals surface area contributed by atoms with Crippen LogP contribution in [0.5, 0.6) is 0 Å². The molecule has 0 saturated carbocycles. The second kappa shape index (κ2) is 9.04. The topological polar surface area (TPSA) is 66.5 Å². The van der Waals surface area contributed by atoms with Gasteiger partial charge in [-0.05, 0) is 37.0 Å². The molecule has 0 saturated heterocycles. The van der Waals surface area contributed by atoms with Gasteiger partial charge in [0.1, 0.15) is 6.04 Å². The lowest BCUT2D eigenvalue weighted by molar-refractivity contribution is -0.122. The predicted molar refractivity (Wildman–Crippen MR) is 110 cm³/mol. The largest absolute Gasteiger partial charge is 0.354 e. The zero-order chi connectivity index (χ0) is 20.0. The molecule has 0 unspecified atom stereocenters. The number of sulfonamides is 1. The van der Waals surface area contributed by atoms with E-state index in [9.17, 15) is 13.2 Å². The molecule has 2 atom stereocenters. The number of hydrogen-bond donors (Lipinski definition) is 1. The Morgan fingerprint density at radius 3 is 2.19 bits per heavy atom. The van der Waals surface area contributed by atoms with E-state index in [1.165, 1.54) is 4.31 Å². The molecular weight excluding hydrogens is 360 g/mol. The lowest BCUT2D eigenvalue weighted by Crippen LogP contribution is -2.49. The fourth-order valence-electron chi connectivity index (χ4n) is 3.02. The lowest BCUT2D eigenvalue weighted by atomic mass is 10.0. The van der Waals surface area contributed by atoms with Gasteiger partial charge in [0.2, 0.25) is 15.9 Å². The smallest absolute Gasteiger partial charge is 0.243 e. The number of anilines is 1. The van der Waals surface area contributed by atoms with Crippen LogP contribution in [0.25, 0.3) is 0 Å². The average molecular weight is 389 g/mol. The highest BCUT2D eigenvalue weighted by atomic mass is 32.2. The highest BCUT2D eigenvalue weighted by Crippen LogP contribution is 2.23. The highest BCUT2D eigenvalue weighted by molar-refractivity contribution is 7.92. The van der Waals surface area contributed by atoms with E-state index in [-0.39, 0.29) is 11.8 Å². The maximum atomic E-state index is 12.8. The number of benzene rings is 2. The van der Waals surface area contributed by atoms with Crippen molar-refractivity contribution in [2.75, 3.05) is 17.1 Å². The number of rotatable bonds is 8. The van der Waals surface area contributed by atoms with Crippen molar-refractivity contribution in [3.63, 3.8) is 0 Å². The van der Waals surface area contributed by atoms with Crippen LogP contribution in [0.1, 0.15) is 37.3 Å². The SMILES string of the molecule is CC[C@H](C(=O)NC[C@@H](C)c1ccccc1)N(c1ccc(C)cc1)S(C)(=O)=O. The van der Waals surface area contributed by atoms with Gasteiger partial charge in [0.05, 0.1) is 11.9 Å². The molecule has 0 spiro atoms. The molecule has 5 nitrogen and oxygen atoms in total. The van der Waals surface area contributed by atoms with Crippen molar-refractivity contribution < 1.29 is 13.2 Å². The molecule has 0 aliphatic heterocycles. The molecule has 0 aromatic heterocycles. The van der Waals surface area contributed by atoms with Gasteiger partial charge in [0.15, 0.2) is 0 Å². The minimum atomic E-state index is -3.61. The maximum absolute atomic E-state index is 12.8. The van der Waals surface area contributed by atoms with E-state index in [0.29, 0.717) is 18.7 Å². The second-order valence-electron chi connectivity index (χ2n) is 6.88. The van der Waals surface area contributed by atoms with Crippen molar-refractivity contribution in [1.29, 1.82) is 0 Å². The van der Waals surface area contributed by atoms with Gasteiger partial charge in [-0.3, -0.25) is 9.10 Å². The number of nitrogens with one attached hydrogen (secondary N) is 1. The summed E-state index contributed by atoms with van der Waals surface area (Å²) >= 11 is 0. The van der Waals surface area contributed by atoms with Crippen molar-refractivity contribution >= 4 is 21.6 Å². The summed E-state index contributed by atoms with van der Waals surface area (Å²) in [5, 5.41) is 2.92. The summed E-state index contributed by atoms with van der Waals surface area (Å²) in [7, 11) is -3.61. The van der Waals surface area contributed by atoms with E-state index in [1.807, 2.05) is 63.2 Å². The third kappa shape index (κ3) is 5.57. The summed E-state index contributed by atoms with van der Waals surface area (Å²) in [5.74, 6) is -0.148. The van der Waals surface area contributed by atoms with Crippen molar-refractivity contribution in [3.05, 3.63) is 65.7 Å². The van der Waals surface area contributed by atoms with Crippen LogP contribution in [0.3, 0.4) is 0 Å². The van der Waals surface area contributed by atoms with Crippen LogP contribution in [0, 0.1) is 6.92 Å². The van der Waals surface area contributed by atoms with Gasteiger partial charge >= 0.3 is 0 Å². The Labute approximate surface area is 162 Å². The van der Waals surface area contributed by atoms with E-state index in [1.54, 1.807) is 12.1 Å². The van der Waals surface area contributed by atoms with Crippen molar-refractivity contribution in [2.24, 2.45) is 0 Å². The maximum Gasteiger partial charge on any atom is 0.243 e. The Hall–Kier alpha value is -2.34. The highest BCUT2D eigenvalue weighted by Gasteiger charge is 2.31. The summed E-state index contributed by atoms with van der Waals surface area (Å²) in [6, 6.07) is 16.3. The van der Waals surface area contributed by atoms with Gasteiger partial charge in [0, 0.05) is 6.54 Å².